The lowest BCUT2D eigenvalue weighted by Gasteiger charge is -2.06. The normalized spacial score (nSPS) is 11.3. The van der Waals surface area contributed by atoms with Gasteiger partial charge in [-0.25, -0.2) is 13.1 Å². The standard InChI is InChI=1S/C15H17N3O3S/c1-2-22(20,21)17-12-3-5-13-7-9-14(10-8-13)18-15(19)6-4-11-16-18/h2,4,6-11,17H,1,3,5,12H2. The van der Waals surface area contributed by atoms with Crippen LogP contribution in [-0.4, -0.2) is 24.7 Å². The zero-order valence-electron chi connectivity index (χ0n) is 12.0. The van der Waals surface area contributed by atoms with E-state index in [-0.39, 0.29) is 5.56 Å². The van der Waals surface area contributed by atoms with Crippen LogP contribution in [0.25, 0.3) is 5.69 Å². The predicted molar refractivity (Wildman–Crippen MR) is 85.3 cm³/mol. The molecule has 22 heavy (non-hydrogen) atoms. The maximum atomic E-state index is 11.7. The number of hydrogen-bond acceptors (Lipinski definition) is 4. The average Bonchev–Trinajstić information content (AvgIpc) is 2.53. The molecule has 0 unspecified atom stereocenters. The molecule has 2 aromatic rings. The van der Waals surface area contributed by atoms with Gasteiger partial charge in [-0.3, -0.25) is 4.79 Å². The van der Waals surface area contributed by atoms with E-state index in [2.05, 4.69) is 16.4 Å². The fourth-order valence-corrected chi connectivity index (χ4v) is 2.47. The molecule has 1 aromatic carbocycles. The Hall–Kier alpha value is -2.25. The molecule has 1 aromatic heterocycles. The minimum Gasteiger partial charge on any atom is -0.267 e. The molecule has 7 heteroatoms. The third-order valence-electron chi connectivity index (χ3n) is 3.06. The predicted octanol–water partition coefficient (Wildman–Crippen LogP) is 1.23. The van der Waals surface area contributed by atoms with Crippen LogP contribution >= 0.6 is 0 Å². The van der Waals surface area contributed by atoms with Crippen molar-refractivity contribution >= 4 is 10.0 Å². The molecule has 1 N–H and O–H groups in total. The maximum absolute atomic E-state index is 11.7. The molecule has 116 valence electrons. The highest BCUT2D eigenvalue weighted by atomic mass is 32.2. The number of nitrogens with zero attached hydrogens (tertiary/aromatic N) is 2. The van der Waals surface area contributed by atoms with Crippen molar-refractivity contribution in [2.75, 3.05) is 6.54 Å². The van der Waals surface area contributed by atoms with E-state index in [1.807, 2.05) is 24.3 Å². The molecule has 0 atom stereocenters. The second-order valence-electron chi connectivity index (χ2n) is 4.65. The molecular weight excluding hydrogens is 302 g/mol. The summed E-state index contributed by atoms with van der Waals surface area (Å²) in [4.78, 5) is 11.7. The SMILES string of the molecule is C=CS(=O)(=O)NCCCc1ccc(-n2ncccc2=O)cc1. The summed E-state index contributed by atoms with van der Waals surface area (Å²) >= 11 is 0. The van der Waals surface area contributed by atoms with Crippen LogP contribution in [0.4, 0.5) is 0 Å². The molecule has 2 rings (SSSR count). The summed E-state index contributed by atoms with van der Waals surface area (Å²) in [6.45, 7) is 3.59. The molecule has 0 amide bonds. The second kappa shape index (κ2) is 7.15. The lowest BCUT2D eigenvalue weighted by molar-refractivity contribution is 0.588. The van der Waals surface area contributed by atoms with Crippen molar-refractivity contribution < 1.29 is 8.42 Å². The number of sulfonamides is 1. The van der Waals surface area contributed by atoms with E-state index >= 15 is 0 Å². The summed E-state index contributed by atoms with van der Waals surface area (Å²) in [6, 6.07) is 10.5. The smallest absolute Gasteiger partial charge is 0.267 e. The van der Waals surface area contributed by atoms with Gasteiger partial charge in [0, 0.05) is 24.2 Å². The third kappa shape index (κ3) is 4.37. The van der Waals surface area contributed by atoms with Gasteiger partial charge in [0.15, 0.2) is 0 Å². The van der Waals surface area contributed by atoms with Gasteiger partial charge in [-0.05, 0) is 36.6 Å². The number of benzene rings is 1. The summed E-state index contributed by atoms with van der Waals surface area (Å²) in [5.41, 5.74) is 1.57. The Kier molecular flexibility index (Phi) is 5.24. The molecule has 0 bridgehead atoms. The summed E-state index contributed by atoms with van der Waals surface area (Å²) in [5.74, 6) is 0. The van der Waals surface area contributed by atoms with E-state index < -0.39 is 10.0 Å². The van der Waals surface area contributed by atoms with Crippen LogP contribution in [0.5, 0.6) is 0 Å². The van der Waals surface area contributed by atoms with Crippen molar-refractivity contribution in [1.82, 2.24) is 14.5 Å². The monoisotopic (exact) mass is 319 g/mol. The minimum atomic E-state index is -3.35. The Labute approximate surface area is 129 Å². The van der Waals surface area contributed by atoms with Crippen LogP contribution in [-0.2, 0) is 16.4 Å². The van der Waals surface area contributed by atoms with Crippen LogP contribution in [0.15, 0.2) is 59.4 Å². The van der Waals surface area contributed by atoms with Crippen molar-refractivity contribution in [3.63, 3.8) is 0 Å². The third-order valence-corrected chi connectivity index (χ3v) is 4.11. The van der Waals surface area contributed by atoms with E-state index in [1.165, 1.54) is 10.7 Å². The van der Waals surface area contributed by atoms with Gasteiger partial charge in [-0.15, -0.1) is 0 Å². The fraction of sp³-hybridized carbons (Fsp3) is 0.200. The Bertz CT molecular complexity index is 795. The molecule has 6 nitrogen and oxygen atoms in total. The van der Waals surface area contributed by atoms with Gasteiger partial charge in [-0.1, -0.05) is 18.7 Å². The number of rotatable bonds is 7. The molecule has 0 aliphatic heterocycles. The molecule has 0 fully saturated rings. The van der Waals surface area contributed by atoms with Crippen LogP contribution in [0.2, 0.25) is 0 Å². The van der Waals surface area contributed by atoms with Gasteiger partial charge in [0.1, 0.15) is 0 Å². The van der Waals surface area contributed by atoms with E-state index in [0.29, 0.717) is 18.7 Å². The Morgan fingerprint density at radius 3 is 2.59 bits per heavy atom. The highest BCUT2D eigenvalue weighted by molar-refractivity contribution is 7.92. The maximum Gasteiger partial charge on any atom is 0.271 e. The van der Waals surface area contributed by atoms with E-state index in [9.17, 15) is 13.2 Å². The molecular formula is C15H17N3O3S. The Balaban J connectivity index is 1.94. The van der Waals surface area contributed by atoms with Gasteiger partial charge in [0.25, 0.3) is 5.56 Å². The molecule has 0 aliphatic carbocycles. The van der Waals surface area contributed by atoms with Crippen LogP contribution in [0, 0.1) is 0 Å². The van der Waals surface area contributed by atoms with Gasteiger partial charge in [0.05, 0.1) is 5.69 Å². The number of hydrogen-bond donors (Lipinski definition) is 1. The summed E-state index contributed by atoms with van der Waals surface area (Å²) in [6.07, 6.45) is 2.97. The number of aryl methyl sites for hydroxylation is 1. The van der Waals surface area contributed by atoms with Crippen LogP contribution < -0.4 is 10.3 Å². The van der Waals surface area contributed by atoms with Crippen molar-refractivity contribution in [2.45, 2.75) is 12.8 Å². The molecule has 0 saturated carbocycles. The molecule has 1 heterocycles. The lowest BCUT2D eigenvalue weighted by atomic mass is 10.1. The average molecular weight is 319 g/mol. The number of nitrogens with one attached hydrogen (secondary N) is 1. The topological polar surface area (TPSA) is 81.1 Å². The van der Waals surface area contributed by atoms with E-state index in [4.69, 9.17) is 0 Å². The highest BCUT2D eigenvalue weighted by Crippen LogP contribution is 2.08. The van der Waals surface area contributed by atoms with Gasteiger partial charge in [-0.2, -0.15) is 9.78 Å². The zero-order chi connectivity index (χ0) is 16.0. The summed E-state index contributed by atoms with van der Waals surface area (Å²) in [5, 5.41) is 4.90. The second-order valence-corrected chi connectivity index (χ2v) is 6.36. The lowest BCUT2D eigenvalue weighted by Crippen LogP contribution is -2.22. The van der Waals surface area contributed by atoms with Gasteiger partial charge < -0.3 is 0 Å². The van der Waals surface area contributed by atoms with Crippen LogP contribution in [0.1, 0.15) is 12.0 Å². The van der Waals surface area contributed by atoms with Crippen molar-refractivity contribution in [3.05, 3.63) is 70.5 Å². The molecule has 0 spiro atoms. The van der Waals surface area contributed by atoms with Crippen molar-refractivity contribution in [2.24, 2.45) is 0 Å². The first-order valence-corrected chi connectivity index (χ1v) is 8.32. The van der Waals surface area contributed by atoms with Gasteiger partial charge >= 0.3 is 0 Å². The molecule has 0 radical (unpaired) electrons. The van der Waals surface area contributed by atoms with Gasteiger partial charge in [0.2, 0.25) is 10.0 Å². The van der Waals surface area contributed by atoms with E-state index in [1.54, 1.807) is 12.3 Å². The van der Waals surface area contributed by atoms with Crippen molar-refractivity contribution in [1.29, 1.82) is 0 Å². The van der Waals surface area contributed by atoms with E-state index in [0.717, 1.165) is 17.4 Å². The highest BCUT2D eigenvalue weighted by Gasteiger charge is 2.03. The first-order chi connectivity index (χ1) is 10.5. The minimum absolute atomic E-state index is 0.186. The quantitative estimate of drug-likeness (QED) is 0.778. The Morgan fingerprint density at radius 1 is 1.23 bits per heavy atom. The zero-order valence-corrected chi connectivity index (χ0v) is 12.8. The van der Waals surface area contributed by atoms with Crippen LogP contribution in [0.3, 0.4) is 0 Å². The fourth-order valence-electron chi connectivity index (χ4n) is 1.92. The van der Waals surface area contributed by atoms with Crippen molar-refractivity contribution in [3.8, 4) is 5.69 Å². The number of aromatic nitrogens is 2. The molecule has 0 saturated heterocycles. The Morgan fingerprint density at radius 2 is 1.95 bits per heavy atom. The largest absolute Gasteiger partial charge is 0.271 e. The molecule has 0 aliphatic rings. The summed E-state index contributed by atoms with van der Waals surface area (Å²) < 4.78 is 26.1. The summed E-state index contributed by atoms with van der Waals surface area (Å²) in [7, 11) is -3.35. The first-order valence-electron chi connectivity index (χ1n) is 6.77. The first kappa shape index (κ1) is 16.1.